The molecule has 0 unspecified atom stereocenters. The van der Waals surface area contributed by atoms with E-state index in [1.807, 2.05) is 19.1 Å². The summed E-state index contributed by atoms with van der Waals surface area (Å²) in [6.45, 7) is 2.56. The van der Waals surface area contributed by atoms with Gasteiger partial charge in [-0.3, -0.25) is 9.79 Å². The highest BCUT2D eigenvalue weighted by Gasteiger charge is 2.29. The van der Waals surface area contributed by atoms with Crippen LogP contribution in [-0.2, 0) is 17.5 Å². The van der Waals surface area contributed by atoms with Crippen LogP contribution in [0.2, 0.25) is 0 Å². The zero-order valence-corrected chi connectivity index (χ0v) is 19.3. The van der Waals surface area contributed by atoms with Crippen molar-refractivity contribution in [2.45, 2.75) is 26.1 Å². The molecule has 1 amide bonds. The molecule has 1 aromatic carbocycles. The second kappa shape index (κ2) is 11.7. The summed E-state index contributed by atoms with van der Waals surface area (Å²) in [5.41, 5.74) is 0.846. The fourth-order valence-electron chi connectivity index (χ4n) is 2.64. The monoisotopic (exact) mass is 535 g/mol. The first-order valence-corrected chi connectivity index (χ1v) is 9.00. The number of amides is 1. The topological polar surface area (TPSA) is 69.6 Å². The lowest BCUT2D eigenvalue weighted by Crippen LogP contribution is -2.39. The third kappa shape index (κ3) is 8.17. The average Bonchev–Trinajstić information content (AvgIpc) is 2.65. The van der Waals surface area contributed by atoms with Crippen molar-refractivity contribution in [1.29, 1.82) is 0 Å². The maximum atomic E-state index is 12.7. The first kappa shape index (κ1) is 25.7. The van der Waals surface area contributed by atoms with E-state index in [-0.39, 0.29) is 36.3 Å². The maximum absolute atomic E-state index is 12.7. The molecule has 10 heteroatoms. The number of alkyl halides is 3. The van der Waals surface area contributed by atoms with Crippen LogP contribution in [0.15, 0.2) is 47.5 Å². The van der Waals surface area contributed by atoms with Gasteiger partial charge in [-0.2, -0.15) is 13.2 Å². The molecule has 1 heterocycles. The van der Waals surface area contributed by atoms with Gasteiger partial charge < -0.3 is 15.5 Å². The van der Waals surface area contributed by atoms with Crippen molar-refractivity contribution < 1.29 is 18.0 Å². The molecule has 0 aliphatic carbocycles. The Hall–Kier alpha value is -2.37. The minimum absolute atomic E-state index is 0. The quantitative estimate of drug-likeness (QED) is 0.333. The summed E-state index contributed by atoms with van der Waals surface area (Å²) in [5.74, 6) is 0.849. The van der Waals surface area contributed by atoms with E-state index < -0.39 is 11.7 Å². The largest absolute Gasteiger partial charge is 0.416 e. The predicted molar refractivity (Wildman–Crippen MR) is 122 cm³/mol. The molecular weight excluding hydrogens is 510 g/mol. The van der Waals surface area contributed by atoms with Crippen LogP contribution in [0.25, 0.3) is 0 Å². The molecule has 164 valence electrons. The molecule has 0 atom stereocenters. The van der Waals surface area contributed by atoms with Gasteiger partial charge in [-0.25, -0.2) is 4.98 Å². The molecule has 0 aliphatic heterocycles. The van der Waals surface area contributed by atoms with Gasteiger partial charge in [0.15, 0.2) is 5.96 Å². The van der Waals surface area contributed by atoms with Gasteiger partial charge in [0.1, 0.15) is 5.82 Å². The summed E-state index contributed by atoms with van der Waals surface area (Å²) in [6, 6.07) is 10.4. The second-order valence-electron chi connectivity index (χ2n) is 6.49. The highest BCUT2D eigenvalue weighted by Crippen LogP contribution is 2.29. The molecule has 6 nitrogen and oxygen atoms in total. The van der Waals surface area contributed by atoms with Gasteiger partial charge in [-0.1, -0.05) is 18.2 Å². The Morgan fingerprint density at radius 1 is 1.17 bits per heavy atom. The first-order valence-electron chi connectivity index (χ1n) is 9.00. The Bertz CT molecular complexity index is 856. The van der Waals surface area contributed by atoms with Crippen molar-refractivity contribution in [2.24, 2.45) is 4.99 Å². The molecule has 0 saturated heterocycles. The average molecular weight is 535 g/mol. The number of halogens is 4. The number of carbonyl (C=O) groups is 1. The maximum Gasteiger partial charge on any atom is 0.416 e. The van der Waals surface area contributed by atoms with Gasteiger partial charge in [-0.15, -0.1) is 24.0 Å². The highest BCUT2D eigenvalue weighted by molar-refractivity contribution is 14.0. The van der Waals surface area contributed by atoms with E-state index in [1.54, 1.807) is 25.1 Å². The molecule has 2 N–H and O–H groups in total. The van der Waals surface area contributed by atoms with E-state index in [2.05, 4.69) is 20.6 Å². The van der Waals surface area contributed by atoms with Crippen LogP contribution >= 0.6 is 24.0 Å². The smallest absolute Gasteiger partial charge is 0.356 e. The second-order valence-corrected chi connectivity index (χ2v) is 6.49. The minimum atomic E-state index is -4.35. The van der Waals surface area contributed by atoms with Crippen LogP contribution in [0.3, 0.4) is 0 Å². The third-order valence-corrected chi connectivity index (χ3v) is 4.07. The summed E-state index contributed by atoms with van der Waals surface area (Å²) in [7, 11) is 3.37. The van der Waals surface area contributed by atoms with Crippen LogP contribution in [0.5, 0.6) is 0 Å². The van der Waals surface area contributed by atoms with Crippen LogP contribution in [0.4, 0.5) is 19.0 Å². The Morgan fingerprint density at radius 2 is 1.83 bits per heavy atom. The standard InChI is InChI=1S/C20H24F3N5O.HI/c1-14-5-4-6-17(26-14)27-18(29)11-12-25-19(24-2)28(3)13-15-7-9-16(10-8-15)20(21,22)23;/h4-10H,11-13H2,1-3H3,(H,24,25)(H,26,27,29);1H. The fourth-order valence-corrected chi connectivity index (χ4v) is 2.64. The number of nitrogens with zero attached hydrogens (tertiary/aromatic N) is 3. The van der Waals surface area contributed by atoms with Gasteiger partial charge in [0.25, 0.3) is 0 Å². The minimum Gasteiger partial charge on any atom is -0.356 e. The lowest BCUT2D eigenvalue weighted by molar-refractivity contribution is -0.137. The van der Waals surface area contributed by atoms with E-state index in [1.165, 1.54) is 12.1 Å². The molecule has 0 fully saturated rings. The Kier molecular flexibility index (Phi) is 10.0. The number of benzene rings is 1. The number of pyridine rings is 1. The van der Waals surface area contributed by atoms with Crippen molar-refractivity contribution in [2.75, 3.05) is 26.0 Å². The highest BCUT2D eigenvalue weighted by atomic mass is 127. The van der Waals surface area contributed by atoms with Gasteiger partial charge in [0, 0.05) is 39.3 Å². The summed E-state index contributed by atoms with van der Waals surface area (Å²) < 4.78 is 38.0. The Labute approximate surface area is 191 Å². The van der Waals surface area contributed by atoms with Crippen LogP contribution < -0.4 is 10.6 Å². The lowest BCUT2D eigenvalue weighted by atomic mass is 10.1. The zero-order valence-electron chi connectivity index (χ0n) is 17.0. The first-order chi connectivity index (χ1) is 13.7. The van der Waals surface area contributed by atoms with Crippen LogP contribution in [0, 0.1) is 6.92 Å². The molecule has 0 spiro atoms. The number of aromatic nitrogens is 1. The van der Waals surface area contributed by atoms with Crippen molar-refractivity contribution >= 4 is 41.7 Å². The zero-order chi connectivity index (χ0) is 21.4. The molecule has 0 bridgehead atoms. The molecule has 0 saturated carbocycles. The summed E-state index contributed by atoms with van der Waals surface area (Å²) in [5, 5.41) is 5.79. The molecule has 2 aromatic rings. The van der Waals surface area contributed by atoms with Crippen molar-refractivity contribution in [1.82, 2.24) is 15.2 Å². The van der Waals surface area contributed by atoms with E-state index in [0.29, 0.717) is 30.4 Å². The predicted octanol–water partition coefficient (Wildman–Crippen LogP) is 4.06. The SMILES string of the molecule is CN=C(NCCC(=O)Nc1cccc(C)n1)N(C)Cc1ccc(C(F)(F)F)cc1.I. The molecule has 30 heavy (non-hydrogen) atoms. The lowest BCUT2D eigenvalue weighted by Gasteiger charge is -2.22. The molecular formula is C20H25F3IN5O. The summed E-state index contributed by atoms with van der Waals surface area (Å²) in [4.78, 5) is 22.2. The van der Waals surface area contributed by atoms with E-state index in [9.17, 15) is 18.0 Å². The number of rotatable bonds is 6. The van der Waals surface area contributed by atoms with Crippen LogP contribution in [0.1, 0.15) is 23.2 Å². The van der Waals surface area contributed by atoms with Crippen molar-refractivity contribution in [3.8, 4) is 0 Å². The number of nitrogens with one attached hydrogen (secondary N) is 2. The van der Waals surface area contributed by atoms with Gasteiger partial charge in [0.05, 0.1) is 5.56 Å². The molecule has 0 aliphatic rings. The van der Waals surface area contributed by atoms with Gasteiger partial charge in [0.2, 0.25) is 5.91 Å². The Balaban J connectivity index is 0.00000450. The molecule has 1 aromatic heterocycles. The molecule has 2 rings (SSSR count). The van der Waals surface area contributed by atoms with E-state index in [4.69, 9.17) is 0 Å². The van der Waals surface area contributed by atoms with Crippen LogP contribution in [-0.4, -0.2) is 42.4 Å². The number of anilines is 1. The molecule has 0 radical (unpaired) electrons. The number of hydrogen-bond donors (Lipinski definition) is 2. The van der Waals surface area contributed by atoms with Crippen molar-refractivity contribution in [3.05, 3.63) is 59.3 Å². The van der Waals surface area contributed by atoms with Gasteiger partial charge in [-0.05, 0) is 36.8 Å². The number of carbonyl (C=O) groups excluding carboxylic acids is 1. The van der Waals surface area contributed by atoms with Crippen molar-refractivity contribution in [3.63, 3.8) is 0 Å². The fraction of sp³-hybridized carbons (Fsp3) is 0.350. The number of hydrogen-bond acceptors (Lipinski definition) is 3. The normalized spacial score (nSPS) is 11.5. The third-order valence-electron chi connectivity index (χ3n) is 4.07. The Morgan fingerprint density at radius 3 is 2.40 bits per heavy atom. The van der Waals surface area contributed by atoms with Gasteiger partial charge >= 0.3 is 6.18 Å². The number of aliphatic imine (C=N–C) groups is 1. The van der Waals surface area contributed by atoms with E-state index in [0.717, 1.165) is 17.8 Å². The summed E-state index contributed by atoms with van der Waals surface area (Å²) in [6.07, 6.45) is -4.14. The summed E-state index contributed by atoms with van der Waals surface area (Å²) >= 11 is 0. The number of aryl methyl sites for hydroxylation is 1. The van der Waals surface area contributed by atoms with E-state index >= 15 is 0 Å². The number of guanidine groups is 1.